The van der Waals surface area contributed by atoms with Crippen LogP contribution in [0.3, 0.4) is 0 Å². The van der Waals surface area contributed by atoms with Crippen molar-refractivity contribution in [3.05, 3.63) is 28.6 Å². The summed E-state index contributed by atoms with van der Waals surface area (Å²) in [6, 6.07) is 0. The minimum absolute atomic E-state index is 0.401. The van der Waals surface area contributed by atoms with Crippen molar-refractivity contribution < 1.29 is 18.0 Å². The van der Waals surface area contributed by atoms with Gasteiger partial charge in [-0.15, -0.1) is 0 Å². The monoisotopic (exact) mass is 223 g/mol. The van der Waals surface area contributed by atoms with Crippen LogP contribution in [0.2, 0.25) is 0 Å². The predicted molar refractivity (Wildman–Crippen MR) is 45.6 cm³/mol. The molecule has 0 saturated carbocycles. The Bertz CT molecular complexity index is 391. The van der Waals surface area contributed by atoms with Crippen molar-refractivity contribution in [2.45, 2.75) is 6.92 Å². The average molecular weight is 224 g/mol. The molecular formula is C8H5ClF3NO. The Morgan fingerprint density at radius 2 is 1.71 bits per heavy atom. The number of halogens is 4. The molecule has 0 aromatic heterocycles. The summed E-state index contributed by atoms with van der Waals surface area (Å²) in [6.45, 7) is 1.09. The standard InChI is InChI=1S/C8H5ClF3NO/c1-2-3(8(9)14)5(11)6(12)7(13)4(2)10/h13H2,1H3. The van der Waals surface area contributed by atoms with E-state index in [4.69, 9.17) is 17.3 Å². The molecule has 2 N–H and O–H groups in total. The molecule has 1 rings (SSSR count). The number of hydrogen-bond acceptors (Lipinski definition) is 2. The summed E-state index contributed by atoms with van der Waals surface area (Å²) in [6.07, 6.45) is 0. The van der Waals surface area contributed by atoms with E-state index in [2.05, 4.69) is 0 Å². The van der Waals surface area contributed by atoms with E-state index >= 15 is 0 Å². The van der Waals surface area contributed by atoms with Gasteiger partial charge in [-0.05, 0) is 18.5 Å². The molecule has 0 unspecified atom stereocenters. The van der Waals surface area contributed by atoms with Gasteiger partial charge in [0.1, 0.15) is 5.69 Å². The lowest BCUT2D eigenvalue weighted by Crippen LogP contribution is -2.09. The van der Waals surface area contributed by atoms with Crippen molar-refractivity contribution in [2.75, 3.05) is 5.73 Å². The zero-order valence-corrected chi connectivity index (χ0v) is 7.75. The average Bonchev–Trinajstić information content (AvgIpc) is 2.11. The first-order chi connectivity index (χ1) is 6.37. The summed E-state index contributed by atoms with van der Waals surface area (Å²) in [5, 5.41) is -1.27. The first-order valence-corrected chi connectivity index (χ1v) is 3.88. The van der Waals surface area contributed by atoms with Crippen molar-refractivity contribution >= 4 is 22.5 Å². The van der Waals surface area contributed by atoms with E-state index in [0.29, 0.717) is 0 Å². The second-order valence-electron chi connectivity index (χ2n) is 2.63. The minimum Gasteiger partial charge on any atom is -0.394 e. The SMILES string of the molecule is Cc1c(F)c(N)c(F)c(F)c1C(=O)Cl. The largest absolute Gasteiger partial charge is 0.394 e. The molecule has 2 nitrogen and oxygen atoms in total. The van der Waals surface area contributed by atoms with Gasteiger partial charge >= 0.3 is 0 Å². The van der Waals surface area contributed by atoms with E-state index in [0.717, 1.165) is 6.92 Å². The molecule has 0 aliphatic carbocycles. The van der Waals surface area contributed by atoms with Crippen molar-refractivity contribution in [3.8, 4) is 0 Å². The Hall–Kier alpha value is -1.23. The Morgan fingerprint density at radius 3 is 2.14 bits per heavy atom. The lowest BCUT2D eigenvalue weighted by atomic mass is 10.1. The summed E-state index contributed by atoms with van der Waals surface area (Å²) in [7, 11) is 0. The van der Waals surface area contributed by atoms with Crippen LogP contribution in [0.15, 0.2) is 0 Å². The molecule has 0 heterocycles. The number of rotatable bonds is 1. The predicted octanol–water partition coefficient (Wildman–Crippen LogP) is 2.37. The van der Waals surface area contributed by atoms with Crippen molar-refractivity contribution in [1.29, 1.82) is 0 Å². The van der Waals surface area contributed by atoms with Crippen LogP contribution in [0.25, 0.3) is 0 Å². The van der Waals surface area contributed by atoms with Crippen LogP contribution in [0, 0.1) is 24.4 Å². The molecule has 0 spiro atoms. The molecule has 0 aliphatic heterocycles. The van der Waals surface area contributed by atoms with Crippen LogP contribution in [-0.4, -0.2) is 5.24 Å². The molecule has 6 heteroatoms. The molecule has 0 amide bonds. The van der Waals surface area contributed by atoms with Crippen molar-refractivity contribution in [3.63, 3.8) is 0 Å². The van der Waals surface area contributed by atoms with Gasteiger partial charge in [0.25, 0.3) is 5.24 Å². The molecule has 0 bridgehead atoms. The van der Waals surface area contributed by atoms with Crippen molar-refractivity contribution in [2.24, 2.45) is 0 Å². The highest BCUT2D eigenvalue weighted by Crippen LogP contribution is 2.27. The highest BCUT2D eigenvalue weighted by atomic mass is 35.5. The van der Waals surface area contributed by atoms with E-state index < -0.39 is 39.5 Å². The van der Waals surface area contributed by atoms with E-state index in [1.165, 1.54) is 0 Å². The molecular weight excluding hydrogens is 219 g/mol. The Balaban J connectivity index is 3.68. The van der Waals surface area contributed by atoms with Crippen molar-refractivity contribution in [1.82, 2.24) is 0 Å². The molecule has 0 atom stereocenters. The fraction of sp³-hybridized carbons (Fsp3) is 0.125. The van der Waals surface area contributed by atoms with Gasteiger partial charge in [0.2, 0.25) is 0 Å². The fourth-order valence-corrected chi connectivity index (χ4v) is 1.26. The number of benzene rings is 1. The number of nitrogens with two attached hydrogens (primary N) is 1. The molecule has 1 aromatic rings. The Kier molecular flexibility index (Phi) is 2.71. The number of nitrogen functional groups attached to an aromatic ring is 1. The Morgan fingerprint density at radius 1 is 1.21 bits per heavy atom. The highest BCUT2D eigenvalue weighted by molar-refractivity contribution is 6.68. The normalized spacial score (nSPS) is 10.4. The molecule has 0 saturated heterocycles. The highest BCUT2D eigenvalue weighted by Gasteiger charge is 2.24. The maximum Gasteiger partial charge on any atom is 0.255 e. The van der Waals surface area contributed by atoms with Crippen LogP contribution in [0.1, 0.15) is 15.9 Å². The first-order valence-electron chi connectivity index (χ1n) is 3.50. The Labute approximate surface area is 82.5 Å². The van der Waals surface area contributed by atoms with E-state index in [9.17, 15) is 18.0 Å². The summed E-state index contributed by atoms with van der Waals surface area (Å²) in [5.41, 5.74) is 2.73. The van der Waals surface area contributed by atoms with Crippen LogP contribution < -0.4 is 5.73 Å². The quantitative estimate of drug-likeness (QED) is 0.451. The second-order valence-corrected chi connectivity index (χ2v) is 2.97. The number of anilines is 1. The van der Waals surface area contributed by atoms with Gasteiger partial charge in [-0.2, -0.15) is 0 Å². The fourth-order valence-electron chi connectivity index (χ4n) is 1.03. The van der Waals surface area contributed by atoms with Gasteiger partial charge < -0.3 is 5.73 Å². The lowest BCUT2D eigenvalue weighted by Gasteiger charge is -2.07. The number of hydrogen-bond donors (Lipinski definition) is 1. The summed E-state index contributed by atoms with van der Waals surface area (Å²) in [4.78, 5) is 10.7. The molecule has 1 aromatic carbocycles. The zero-order chi connectivity index (χ0) is 11.0. The minimum atomic E-state index is -1.60. The van der Waals surface area contributed by atoms with Crippen LogP contribution in [0.4, 0.5) is 18.9 Å². The summed E-state index contributed by atoms with van der Waals surface area (Å²) < 4.78 is 38.9. The zero-order valence-electron chi connectivity index (χ0n) is 7.00. The van der Waals surface area contributed by atoms with Gasteiger partial charge in [0.15, 0.2) is 17.5 Å². The second kappa shape index (κ2) is 3.49. The third-order valence-corrected chi connectivity index (χ3v) is 1.97. The smallest absolute Gasteiger partial charge is 0.255 e. The molecule has 0 radical (unpaired) electrons. The van der Waals surface area contributed by atoms with Gasteiger partial charge in [-0.1, -0.05) is 0 Å². The maximum atomic E-state index is 13.0. The van der Waals surface area contributed by atoms with E-state index in [1.54, 1.807) is 0 Å². The van der Waals surface area contributed by atoms with Gasteiger partial charge in [-0.3, -0.25) is 4.79 Å². The maximum absolute atomic E-state index is 13.0. The van der Waals surface area contributed by atoms with E-state index in [-0.39, 0.29) is 0 Å². The first kappa shape index (κ1) is 10.8. The van der Waals surface area contributed by atoms with Gasteiger partial charge in [-0.25, -0.2) is 13.2 Å². The van der Waals surface area contributed by atoms with Crippen LogP contribution in [0.5, 0.6) is 0 Å². The van der Waals surface area contributed by atoms with Crippen LogP contribution in [-0.2, 0) is 0 Å². The van der Waals surface area contributed by atoms with Gasteiger partial charge in [0, 0.05) is 5.56 Å². The van der Waals surface area contributed by atoms with Crippen LogP contribution >= 0.6 is 11.6 Å². The molecule has 76 valence electrons. The van der Waals surface area contributed by atoms with Gasteiger partial charge in [0.05, 0.1) is 5.56 Å². The third-order valence-electron chi connectivity index (χ3n) is 1.79. The lowest BCUT2D eigenvalue weighted by molar-refractivity contribution is 0.107. The number of carbonyl (C=O) groups is 1. The summed E-state index contributed by atoms with van der Waals surface area (Å²) >= 11 is 4.96. The molecule has 14 heavy (non-hydrogen) atoms. The van der Waals surface area contributed by atoms with E-state index in [1.807, 2.05) is 0 Å². The third kappa shape index (κ3) is 1.43. The topological polar surface area (TPSA) is 43.1 Å². The summed E-state index contributed by atoms with van der Waals surface area (Å²) in [5.74, 6) is -4.30. The number of carbonyl (C=O) groups excluding carboxylic acids is 1. The molecule has 0 fully saturated rings. The molecule has 0 aliphatic rings.